The molecule has 3 nitrogen and oxygen atoms in total. The van der Waals surface area contributed by atoms with Crippen LogP contribution in [0, 0.1) is 5.92 Å². The standard InChI is InChI=1S/C14H17BrClN3/c1-10(2)8-17-9-11-6-7-19(18-11)13-5-3-4-12(16)14(13)15/h3-7,10,17H,8-9H2,1-2H3. The van der Waals surface area contributed by atoms with Crippen LogP contribution in [-0.4, -0.2) is 16.3 Å². The van der Waals surface area contributed by atoms with Crippen molar-refractivity contribution in [2.24, 2.45) is 5.92 Å². The van der Waals surface area contributed by atoms with E-state index in [-0.39, 0.29) is 0 Å². The Morgan fingerprint density at radius 3 is 2.89 bits per heavy atom. The molecule has 0 bridgehead atoms. The maximum atomic E-state index is 6.09. The van der Waals surface area contributed by atoms with Crippen LogP contribution < -0.4 is 5.32 Å². The first-order chi connectivity index (χ1) is 9.08. The third kappa shape index (κ3) is 3.81. The van der Waals surface area contributed by atoms with E-state index in [1.165, 1.54) is 0 Å². The Bertz CT molecular complexity index is 551. The monoisotopic (exact) mass is 341 g/mol. The van der Waals surface area contributed by atoms with E-state index < -0.39 is 0 Å². The molecule has 0 saturated heterocycles. The van der Waals surface area contributed by atoms with E-state index in [0.29, 0.717) is 10.9 Å². The fourth-order valence-electron chi connectivity index (χ4n) is 1.75. The lowest BCUT2D eigenvalue weighted by atomic mass is 10.2. The SMILES string of the molecule is CC(C)CNCc1ccn(-c2cccc(Cl)c2Br)n1. The van der Waals surface area contributed by atoms with E-state index in [2.05, 4.69) is 40.2 Å². The average molecular weight is 343 g/mol. The lowest BCUT2D eigenvalue weighted by molar-refractivity contribution is 0.546. The lowest BCUT2D eigenvalue weighted by Crippen LogP contribution is -2.19. The molecule has 1 aromatic carbocycles. The molecule has 5 heteroatoms. The minimum atomic E-state index is 0.643. The van der Waals surface area contributed by atoms with Crippen molar-refractivity contribution in [1.82, 2.24) is 15.1 Å². The first kappa shape index (κ1) is 14.6. The van der Waals surface area contributed by atoms with E-state index >= 15 is 0 Å². The van der Waals surface area contributed by atoms with Crippen LogP contribution in [0.25, 0.3) is 5.69 Å². The summed E-state index contributed by atoms with van der Waals surface area (Å²) in [6, 6.07) is 7.76. The van der Waals surface area contributed by atoms with Crippen molar-refractivity contribution in [2.75, 3.05) is 6.54 Å². The summed E-state index contributed by atoms with van der Waals surface area (Å²) >= 11 is 9.58. The van der Waals surface area contributed by atoms with E-state index in [4.69, 9.17) is 11.6 Å². The summed E-state index contributed by atoms with van der Waals surface area (Å²) in [4.78, 5) is 0. The predicted octanol–water partition coefficient (Wildman–Crippen LogP) is 4.03. The van der Waals surface area contributed by atoms with Crippen LogP contribution >= 0.6 is 27.5 Å². The van der Waals surface area contributed by atoms with Gasteiger partial charge in [-0.15, -0.1) is 0 Å². The molecule has 2 aromatic rings. The molecule has 0 amide bonds. The highest BCUT2D eigenvalue weighted by Crippen LogP contribution is 2.28. The van der Waals surface area contributed by atoms with Crippen molar-refractivity contribution < 1.29 is 0 Å². The van der Waals surface area contributed by atoms with Gasteiger partial charge in [-0.25, -0.2) is 4.68 Å². The highest BCUT2D eigenvalue weighted by atomic mass is 79.9. The Morgan fingerprint density at radius 1 is 1.37 bits per heavy atom. The Morgan fingerprint density at radius 2 is 2.16 bits per heavy atom. The first-order valence-electron chi connectivity index (χ1n) is 6.27. The smallest absolute Gasteiger partial charge is 0.0802 e. The van der Waals surface area contributed by atoms with Gasteiger partial charge in [0.15, 0.2) is 0 Å². The summed E-state index contributed by atoms with van der Waals surface area (Å²) in [6.45, 7) is 6.15. The molecule has 1 heterocycles. The molecule has 0 saturated carbocycles. The second-order valence-electron chi connectivity index (χ2n) is 4.85. The Labute approximate surface area is 127 Å². The van der Waals surface area contributed by atoms with Crippen molar-refractivity contribution in [1.29, 1.82) is 0 Å². The van der Waals surface area contributed by atoms with Crippen molar-refractivity contribution >= 4 is 27.5 Å². The number of benzene rings is 1. The van der Waals surface area contributed by atoms with Crippen LogP contribution in [0.1, 0.15) is 19.5 Å². The molecule has 0 unspecified atom stereocenters. The topological polar surface area (TPSA) is 29.9 Å². The normalized spacial score (nSPS) is 11.2. The second-order valence-corrected chi connectivity index (χ2v) is 6.05. The first-order valence-corrected chi connectivity index (χ1v) is 7.44. The molecule has 1 aromatic heterocycles. The van der Waals surface area contributed by atoms with Gasteiger partial charge >= 0.3 is 0 Å². The summed E-state index contributed by atoms with van der Waals surface area (Å²) in [5.41, 5.74) is 1.97. The van der Waals surface area contributed by atoms with Gasteiger partial charge in [-0.05, 0) is 46.6 Å². The number of hydrogen-bond donors (Lipinski definition) is 1. The van der Waals surface area contributed by atoms with Crippen LogP contribution in [0.4, 0.5) is 0 Å². The van der Waals surface area contributed by atoms with Crippen molar-refractivity contribution in [2.45, 2.75) is 20.4 Å². The third-order valence-corrected chi connectivity index (χ3v) is 4.06. The van der Waals surface area contributed by atoms with E-state index in [1.54, 1.807) is 0 Å². The number of aromatic nitrogens is 2. The molecule has 0 aliphatic heterocycles. The largest absolute Gasteiger partial charge is 0.311 e. The molecular weight excluding hydrogens is 326 g/mol. The molecule has 2 rings (SSSR count). The number of nitrogens with zero attached hydrogens (tertiary/aromatic N) is 2. The Balaban J connectivity index is 2.10. The van der Waals surface area contributed by atoms with Gasteiger partial charge in [0.2, 0.25) is 0 Å². The van der Waals surface area contributed by atoms with E-state index in [1.807, 2.05) is 35.1 Å². The Kier molecular flexibility index (Phi) is 5.02. The van der Waals surface area contributed by atoms with Crippen LogP contribution in [-0.2, 0) is 6.54 Å². The second kappa shape index (κ2) is 6.55. The molecule has 0 aliphatic carbocycles. The number of hydrogen-bond acceptors (Lipinski definition) is 2. The Hall–Kier alpha value is -0.840. The maximum absolute atomic E-state index is 6.09. The summed E-state index contributed by atoms with van der Waals surface area (Å²) < 4.78 is 2.70. The van der Waals surface area contributed by atoms with Gasteiger partial charge in [-0.2, -0.15) is 5.10 Å². The van der Waals surface area contributed by atoms with E-state index in [0.717, 1.165) is 28.9 Å². The molecule has 1 N–H and O–H groups in total. The number of rotatable bonds is 5. The van der Waals surface area contributed by atoms with Gasteiger partial charge in [-0.1, -0.05) is 31.5 Å². The zero-order valence-corrected chi connectivity index (χ0v) is 13.4. The summed E-state index contributed by atoms with van der Waals surface area (Å²) in [5, 5.41) is 8.61. The minimum Gasteiger partial charge on any atom is -0.311 e. The van der Waals surface area contributed by atoms with Crippen LogP contribution in [0.2, 0.25) is 5.02 Å². The summed E-state index contributed by atoms with van der Waals surface area (Å²) in [6.07, 6.45) is 1.95. The molecule has 19 heavy (non-hydrogen) atoms. The highest BCUT2D eigenvalue weighted by molar-refractivity contribution is 9.10. The quantitative estimate of drug-likeness (QED) is 0.889. The summed E-state index contributed by atoms with van der Waals surface area (Å²) in [5.74, 6) is 0.643. The van der Waals surface area contributed by atoms with Crippen LogP contribution in [0.3, 0.4) is 0 Å². The van der Waals surface area contributed by atoms with Gasteiger partial charge < -0.3 is 5.32 Å². The third-order valence-electron chi connectivity index (χ3n) is 2.68. The van der Waals surface area contributed by atoms with Crippen molar-refractivity contribution in [3.8, 4) is 5.69 Å². The van der Waals surface area contributed by atoms with E-state index in [9.17, 15) is 0 Å². The average Bonchev–Trinajstić information content (AvgIpc) is 2.81. The van der Waals surface area contributed by atoms with Gasteiger partial charge in [-0.3, -0.25) is 0 Å². The summed E-state index contributed by atoms with van der Waals surface area (Å²) in [7, 11) is 0. The molecule has 0 fully saturated rings. The molecule has 0 spiro atoms. The lowest BCUT2D eigenvalue weighted by Gasteiger charge is -2.06. The molecule has 0 aliphatic rings. The maximum Gasteiger partial charge on any atom is 0.0802 e. The van der Waals surface area contributed by atoms with Crippen LogP contribution in [0.15, 0.2) is 34.9 Å². The number of nitrogens with one attached hydrogen (secondary N) is 1. The van der Waals surface area contributed by atoms with Crippen molar-refractivity contribution in [3.05, 3.63) is 45.7 Å². The minimum absolute atomic E-state index is 0.643. The molecule has 0 radical (unpaired) electrons. The van der Waals surface area contributed by atoms with Crippen LogP contribution in [0.5, 0.6) is 0 Å². The predicted molar refractivity (Wildman–Crippen MR) is 82.8 cm³/mol. The van der Waals surface area contributed by atoms with Gasteiger partial charge in [0, 0.05) is 12.7 Å². The fraction of sp³-hybridized carbons (Fsp3) is 0.357. The fourth-order valence-corrected chi connectivity index (χ4v) is 2.36. The van der Waals surface area contributed by atoms with Crippen molar-refractivity contribution in [3.63, 3.8) is 0 Å². The molecule has 0 atom stereocenters. The molecule has 102 valence electrons. The van der Waals surface area contributed by atoms with Gasteiger partial charge in [0.25, 0.3) is 0 Å². The zero-order chi connectivity index (χ0) is 13.8. The zero-order valence-electron chi connectivity index (χ0n) is 11.0. The highest BCUT2D eigenvalue weighted by Gasteiger charge is 2.07. The van der Waals surface area contributed by atoms with Gasteiger partial charge in [0.05, 0.1) is 20.9 Å². The number of halogens is 2. The molecular formula is C14H17BrClN3. The van der Waals surface area contributed by atoms with Gasteiger partial charge in [0.1, 0.15) is 0 Å².